The maximum absolute atomic E-state index is 10.9. The Morgan fingerprint density at radius 1 is 1.47 bits per heavy atom. The van der Waals surface area contributed by atoms with E-state index in [2.05, 4.69) is 0 Å². The molecule has 2 rings (SSSR count). The first-order chi connectivity index (χ1) is 8.04. The molecule has 0 unspecified atom stereocenters. The van der Waals surface area contributed by atoms with Crippen molar-refractivity contribution in [2.24, 2.45) is 7.05 Å². The second-order valence-corrected chi connectivity index (χ2v) is 4.08. The molecule has 1 N–H and O–H groups in total. The summed E-state index contributed by atoms with van der Waals surface area (Å²) in [5.41, 5.74) is 2.86. The van der Waals surface area contributed by atoms with Gasteiger partial charge in [0.2, 0.25) is 0 Å². The van der Waals surface area contributed by atoms with Crippen molar-refractivity contribution < 1.29 is 14.6 Å². The number of carboxylic acids is 1. The minimum absolute atomic E-state index is 0.0380. The summed E-state index contributed by atoms with van der Waals surface area (Å²) in [6.07, 6.45) is 0.0380. The van der Waals surface area contributed by atoms with Crippen molar-refractivity contribution in [1.82, 2.24) is 4.57 Å². The number of ether oxygens (including phenoxy) is 1. The summed E-state index contributed by atoms with van der Waals surface area (Å²) in [5.74, 6) is -0.0711. The summed E-state index contributed by atoms with van der Waals surface area (Å²) >= 11 is 0. The lowest BCUT2D eigenvalue weighted by molar-refractivity contribution is -0.136. The fourth-order valence-corrected chi connectivity index (χ4v) is 2.13. The summed E-state index contributed by atoms with van der Waals surface area (Å²) in [6, 6.07) is 5.72. The number of nitrogens with zero attached hydrogens (tertiary/aromatic N) is 1. The van der Waals surface area contributed by atoms with Crippen LogP contribution in [0.1, 0.15) is 11.3 Å². The largest absolute Gasteiger partial charge is 0.497 e. The number of carboxylic acid groups (broad SMARTS) is 1. The van der Waals surface area contributed by atoms with E-state index in [-0.39, 0.29) is 6.42 Å². The van der Waals surface area contributed by atoms with Crippen molar-refractivity contribution in [3.05, 3.63) is 29.5 Å². The number of benzene rings is 1. The Morgan fingerprint density at radius 2 is 2.18 bits per heavy atom. The molecule has 0 aliphatic carbocycles. The molecule has 0 bridgehead atoms. The number of hydrogen-bond acceptors (Lipinski definition) is 2. The molecule has 0 aliphatic rings. The van der Waals surface area contributed by atoms with Crippen molar-refractivity contribution in [2.75, 3.05) is 7.11 Å². The number of methoxy groups -OCH3 is 1. The summed E-state index contributed by atoms with van der Waals surface area (Å²) in [4.78, 5) is 10.9. The van der Waals surface area contributed by atoms with Gasteiger partial charge in [0.25, 0.3) is 0 Å². The standard InChI is InChI=1S/C13H15NO3/c1-8-10(7-13(15)16)11-6-9(17-3)4-5-12(11)14(8)2/h4-6H,7H2,1-3H3,(H,15,16). The zero-order chi connectivity index (χ0) is 12.6. The molecule has 0 saturated carbocycles. The molecule has 1 aromatic carbocycles. The van der Waals surface area contributed by atoms with Gasteiger partial charge in [0, 0.05) is 23.6 Å². The van der Waals surface area contributed by atoms with Gasteiger partial charge in [0.15, 0.2) is 0 Å². The fraction of sp³-hybridized carbons (Fsp3) is 0.308. The summed E-state index contributed by atoms with van der Waals surface area (Å²) in [5, 5.41) is 9.90. The molecule has 0 spiro atoms. The highest BCUT2D eigenvalue weighted by atomic mass is 16.5. The van der Waals surface area contributed by atoms with Gasteiger partial charge in [-0.25, -0.2) is 0 Å². The molecule has 0 saturated heterocycles. The molecular formula is C13H15NO3. The van der Waals surface area contributed by atoms with Gasteiger partial charge in [-0.15, -0.1) is 0 Å². The summed E-state index contributed by atoms with van der Waals surface area (Å²) in [6.45, 7) is 1.94. The van der Waals surface area contributed by atoms with Gasteiger partial charge in [0.1, 0.15) is 5.75 Å². The average molecular weight is 233 g/mol. The molecule has 17 heavy (non-hydrogen) atoms. The van der Waals surface area contributed by atoms with Crippen LogP contribution in [0.15, 0.2) is 18.2 Å². The highest BCUT2D eigenvalue weighted by Gasteiger charge is 2.14. The van der Waals surface area contributed by atoms with Crippen LogP contribution in [0.2, 0.25) is 0 Å². The van der Waals surface area contributed by atoms with Crippen molar-refractivity contribution in [2.45, 2.75) is 13.3 Å². The van der Waals surface area contributed by atoms with Crippen LogP contribution in [0.5, 0.6) is 5.75 Å². The molecule has 0 atom stereocenters. The van der Waals surface area contributed by atoms with Crippen LogP contribution in [0, 0.1) is 6.92 Å². The molecule has 4 nitrogen and oxygen atoms in total. The quantitative estimate of drug-likeness (QED) is 0.883. The molecule has 0 radical (unpaired) electrons. The molecule has 0 amide bonds. The second-order valence-electron chi connectivity index (χ2n) is 4.08. The van der Waals surface area contributed by atoms with E-state index in [4.69, 9.17) is 9.84 Å². The van der Waals surface area contributed by atoms with Gasteiger partial charge >= 0.3 is 5.97 Å². The third kappa shape index (κ3) is 1.86. The van der Waals surface area contributed by atoms with E-state index in [1.54, 1.807) is 7.11 Å². The van der Waals surface area contributed by atoms with E-state index in [1.807, 2.05) is 36.7 Å². The number of rotatable bonds is 3. The van der Waals surface area contributed by atoms with Crippen LogP contribution in [0.4, 0.5) is 0 Å². The van der Waals surface area contributed by atoms with Crippen LogP contribution in [-0.2, 0) is 18.3 Å². The number of carbonyl (C=O) groups is 1. The van der Waals surface area contributed by atoms with Gasteiger partial charge in [-0.3, -0.25) is 4.79 Å². The minimum atomic E-state index is -0.816. The Hall–Kier alpha value is -1.97. The Balaban J connectivity index is 2.71. The molecule has 90 valence electrons. The molecule has 1 heterocycles. The summed E-state index contributed by atoms with van der Waals surface area (Å²) in [7, 11) is 3.54. The highest BCUT2D eigenvalue weighted by Crippen LogP contribution is 2.28. The average Bonchev–Trinajstić information content (AvgIpc) is 2.53. The number of aryl methyl sites for hydroxylation is 1. The van der Waals surface area contributed by atoms with Gasteiger partial charge in [-0.1, -0.05) is 0 Å². The van der Waals surface area contributed by atoms with E-state index in [1.165, 1.54) is 0 Å². The zero-order valence-electron chi connectivity index (χ0n) is 10.2. The van der Waals surface area contributed by atoms with E-state index in [9.17, 15) is 4.79 Å². The molecular weight excluding hydrogens is 218 g/mol. The predicted molar refractivity (Wildman–Crippen MR) is 65.5 cm³/mol. The third-order valence-electron chi connectivity index (χ3n) is 3.16. The normalized spacial score (nSPS) is 10.8. The molecule has 2 aromatic rings. The van der Waals surface area contributed by atoms with E-state index >= 15 is 0 Å². The van der Waals surface area contributed by atoms with Crippen LogP contribution >= 0.6 is 0 Å². The smallest absolute Gasteiger partial charge is 0.307 e. The van der Waals surface area contributed by atoms with Crippen molar-refractivity contribution in [3.8, 4) is 5.75 Å². The third-order valence-corrected chi connectivity index (χ3v) is 3.16. The first kappa shape index (κ1) is 11.5. The van der Waals surface area contributed by atoms with Crippen LogP contribution in [0.3, 0.4) is 0 Å². The monoisotopic (exact) mass is 233 g/mol. The summed E-state index contributed by atoms with van der Waals surface area (Å²) < 4.78 is 7.18. The molecule has 1 aromatic heterocycles. The van der Waals surface area contributed by atoms with Crippen LogP contribution in [0.25, 0.3) is 10.9 Å². The van der Waals surface area contributed by atoms with Gasteiger partial charge in [0.05, 0.1) is 13.5 Å². The molecule has 0 aliphatic heterocycles. The zero-order valence-corrected chi connectivity index (χ0v) is 10.2. The van der Waals surface area contributed by atoms with Gasteiger partial charge in [-0.05, 0) is 30.7 Å². The maximum Gasteiger partial charge on any atom is 0.307 e. The number of aromatic nitrogens is 1. The van der Waals surface area contributed by atoms with Crippen molar-refractivity contribution >= 4 is 16.9 Å². The van der Waals surface area contributed by atoms with Crippen molar-refractivity contribution in [3.63, 3.8) is 0 Å². The highest BCUT2D eigenvalue weighted by molar-refractivity contribution is 5.90. The number of hydrogen-bond donors (Lipinski definition) is 1. The van der Waals surface area contributed by atoms with E-state index in [0.29, 0.717) is 0 Å². The lowest BCUT2D eigenvalue weighted by Gasteiger charge is -2.01. The maximum atomic E-state index is 10.9. The Kier molecular flexibility index (Phi) is 2.79. The first-order valence-corrected chi connectivity index (χ1v) is 5.38. The lowest BCUT2D eigenvalue weighted by atomic mass is 10.1. The lowest BCUT2D eigenvalue weighted by Crippen LogP contribution is -2.01. The SMILES string of the molecule is COc1ccc2c(c1)c(CC(=O)O)c(C)n2C. The topological polar surface area (TPSA) is 51.5 Å². The van der Waals surface area contributed by atoms with Crippen LogP contribution in [-0.4, -0.2) is 22.8 Å². The van der Waals surface area contributed by atoms with Crippen molar-refractivity contribution in [1.29, 1.82) is 0 Å². The molecule has 0 fully saturated rings. The Bertz CT molecular complexity index is 584. The van der Waals surface area contributed by atoms with E-state index < -0.39 is 5.97 Å². The van der Waals surface area contributed by atoms with Crippen LogP contribution < -0.4 is 4.74 Å². The minimum Gasteiger partial charge on any atom is -0.497 e. The fourth-order valence-electron chi connectivity index (χ4n) is 2.13. The van der Waals surface area contributed by atoms with E-state index in [0.717, 1.165) is 27.9 Å². The first-order valence-electron chi connectivity index (χ1n) is 5.38. The number of aliphatic carboxylic acids is 1. The van der Waals surface area contributed by atoms with Gasteiger partial charge < -0.3 is 14.4 Å². The molecule has 4 heteroatoms. The Morgan fingerprint density at radius 3 is 2.76 bits per heavy atom. The Labute approximate surface area is 99.4 Å². The second kappa shape index (κ2) is 4.13. The van der Waals surface area contributed by atoms with Gasteiger partial charge in [-0.2, -0.15) is 0 Å². The number of fused-ring (bicyclic) bond motifs is 1. The predicted octanol–water partition coefficient (Wildman–Crippen LogP) is 2.12.